The molecule has 0 radical (unpaired) electrons. The van der Waals surface area contributed by atoms with Crippen LogP contribution in [-0.4, -0.2) is 29.0 Å². The highest BCUT2D eigenvalue weighted by molar-refractivity contribution is 6.39. The molecule has 32 heavy (non-hydrogen) atoms. The van der Waals surface area contributed by atoms with Crippen molar-refractivity contribution in [3.63, 3.8) is 0 Å². The van der Waals surface area contributed by atoms with Crippen LogP contribution >= 0.6 is 0 Å². The number of rotatable bonds is 6. The summed E-state index contributed by atoms with van der Waals surface area (Å²) in [6, 6.07) is 15.2. The largest absolute Gasteiger partial charge is 0.492 e. The van der Waals surface area contributed by atoms with Crippen molar-refractivity contribution in [2.45, 2.75) is 13.5 Å². The molecule has 1 aliphatic rings. The number of amides is 4. The van der Waals surface area contributed by atoms with E-state index in [1.165, 1.54) is 18.2 Å². The first kappa shape index (κ1) is 21.0. The molecule has 1 aliphatic heterocycles. The molecule has 4 amide bonds. The van der Waals surface area contributed by atoms with Gasteiger partial charge in [0.15, 0.2) is 0 Å². The lowest BCUT2D eigenvalue weighted by Crippen LogP contribution is -2.54. The maximum absolute atomic E-state index is 13.2. The number of anilines is 1. The Labute approximate surface area is 183 Å². The van der Waals surface area contributed by atoms with Crippen molar-refractivity contribution in [1.82, 2.24) is 9.88 Å². The van der Waals surface area contributed by atoms with Gasteiger partial charge in [-0.15, -0.1) is 0 Å². The molecule has 1 saturated heterocycles. The van der Waals surface area contributed by atoms with Crippen LogP contribution in [0.15, 0.2) is 72.4 Å². The van der Waals surface area contributed by atoms with Gasteiger partial charge >= 0.3 is 6.03 Å². The molecular weight excluding hydrogens is 413 g/mol. The lowest BCUT2D eigenvalue weighted by Gasteiger charge is -2.26. The van der Waals surface area contributed by atoms with Gasteiger partial charge in [0.05, 0.1) is 12.2 Å². The number of nitrogens with one attached hydrogen (secondary N) is 1. The molecule has 0 aliphatic carbocycles. The summed E-state index contributed by atoms with van der Waals surface area (Å²) in [5, 5.41) is 2.16. The van der Waals surface area contributed by atoms with Crippen LogP contribution in [0.4, 0.5) is 14.9 Å². The summed E-state index contributed by atoms with van der Waals surface area (Å²) in [7, 11) is 0. The quantitative estimate of drug-likeness (QED) is 0.475. The molecule has 3 aromatic rings. The van der Waals surface area contributed by atoms with E-state index in [1.807, 2.05) is 35.8 Å². The Kier molecular flexibility index (Phi) is 5.85. The monoisotopic (exact) mass is 433 g/mol. The summed E-state index contributed by atoms with van der Waals surface area (Å²) in [6.07, 6.45) is 3.23. The standard InChI is InChI=1S/C24H20FN3O4/c1-16-4-10-20(11-5-16)32-14-13-27-12-2-3-19(27)15-21-22(29)26-24(31)28(23(21)30)18-8-6-17(25)7-9-18/h2-12,15H,13-14H2,1H3,(H,26,29,31). The smallest absolute Gasteiger partial charge is 0.335 e. The average Bonchev–Trinajstić information content (AvgIpc) is 3.21. The Hall–Kier alpha value is -4.20. The van der Waals surface area contributed by atoms with Gasteiger partial charge in [0.1, 0.15) is 23.7 Å². The summed E-state index contributed by atoms with van der Waals surface area (Å²) in [5.74, 6) is -1.33. The third-order valence-electron chi connectivity index (χ3n) is 4.97. The van der Waals surface area contributed by atoms with Crippen molar-refractivity contribution >= 4 is 29.6 Å². The number of hydrogen-bond acceptors (Lipinski definition) is 4. The van der Waals surface area contributed by atoms with Crippen molar-refractivity contribution in [2.75, 3.05) is 11.5 Å². The highest BCUT2D eigenvalue weighted by atomic mass is 19.1. The van der Waals surface area contributed by atoms with E-state index in [-0.39, 0.29) is 11.3 Å². The second-order valence-electron chi connectivity index (χ2n) is 7.22. The normalized spacial score (nSPS) is 15.2. The Morgan fingerprint density at radius 1 is 1.00 bits per heavy atom. The zero-order valence-electron chi connectivity index (χ0n) is 17.2. The van der Waals surface area contributed by atoms with E-state index >= 15 is 0 Å². The van der Waals surface area contributed by atoms with Crippen molar-refractivity contribution in [3.05, 3.63) is 89.5 Å². The lowest BCUT2D eigenvalue weighted by atomic mass is 10.1. The van der Waals surface area contributed by atoms with Crippen LogP contribution in [-0.2, 0) is 16.1 Å². The maximum atomic E-state index is 13.2. The van der Waals surface area contributed by atoms with Crippen LogP contribution in [0, 0.1) is 12.7 Å². The number of carbonyl (C=O) groups excluding carboxylic acids is 3. The van der Waals surface area contributed by atoms with E-state index < -0.39 is 23.7 Å². The molecule has 0 atom stereocenters. The fourth-order valence-electron chi connectivity index (χ4n) is 3.29. The molecule has 0 spiro atoms. The minimum atomic E-state index is -0.884. The van der Waals surface area contributed by atoms with E-state index in [1.54, 1.807) is 18.3 Å². The summed E-state index contributed by atoms with van der Waals surface area (Å²) >= 11 is 0. The fraction of sp³-hybridized carbons (Fsp3) is 0.125. The summed E-state index contributed by atoms with van der Waals surface area (Å²) in [5.41, 5.74) is 1.70. The molecule has 1 aromatic heterocycles. The number of ether oxygens (including phenoxy) is 1. The van der Waals surface area contributed by atoms with Gasteiger partial charge in [-0.3, -0.25) is 14.9 Å². The van der Waals surface area contributed by atoms with E-state index in [4.69, 9.17) is 4.74 Å². The first-order valence-corrected chi connectivity index (χ1v) is 9.94. The van der Waals surface area contributed by atoms with Gasteiger partial charge in [-0.25, -0.2) is 14.1 Å². The van der Waals surface area contributed by atoms with Crippen LogP contribution in [0.25, 0.3) is 6.08 Å². The molecule has 2 heterocycles. The fourth-order valence-corrected chi connectivity index (χ4v) is 3.29. The molecule has 162 valence electrons. The maximum Gasteiger partial charge on any atom is 0.335 e. The molecule has 1 fully saturated rings. The molecule has 7 nitrogen and oxygen atoms in total. The summed E-state index contributed by atoms with van der Waals surface area (Å²) in [6.45, 7) is 2.86. The van der Waals surface area contributed by atoms with E-state index in [0.717, 1.165) is 28.3 Å². The summed E-state index contributed by atoms with van der Waals surface area (Å²) in [4.78, 5) is 38.4. The number of hydrogen-bond donors (Lipinski definition) is 1. The molecule has 1 N–H and O–H groups in total. The van der Waals surface area contributed by atoms with Gasteiger partial charge in [0.2, 0.25) is 0 Å². The highest BCUT2D eigenvalue weighted by Gasteiger charge is 2.36. The number of benzene rings is 2. The minimum Gasteiger partial charge on any atom is -0.492 e. The average molecular weight is 433 g/mol. The number of halogens is 1. The van der Waals surface area contributed by atoms with Gasteiger partial charge in [0, 0.05) is 11.9 Å². The van der Waals surface area contributed by atoms with Gasteiger partial charge in [-0.05, 0) is 61.5 Å². The molecule has 8 heteroatoms. The van der Waals surface area contributed by atoms with Crippen molar-refractivity contribution in [1.29, 1.82) is 0 Å². The molecular formula is C24H20FN3O4. The molecule has 2 aromatic carbocycles. The van der Waals surface area contributed by atoms with Gasteiger partial charge < -0.3 is 9.30 Å². The summed E-state index contributed by atoms with van der Waals surface area (Å²) < 4.78 is 20.8. The van der Waals surface area contributed by atoms with Gasteiger partial charge in [-0.1, -0.05) is 17.7 Å². The number of urea groups is 1. The first-order chi connectivity index (χ1) is 15.4. The van der Waals surface area contributed by atoms with Crippen LogP contribution < -0.4 is 15.0 Å². The second kappa shape index (κ2) is 8.89. The molecule has 0 bridgehead atoms. The van der Waals surface area contributed by atoms with Crippen LogP contribution in [0.3, 0.4) is 0 Å². The van der Waals surface area contributed by atoms with Crippen molar-refractivity contribution < 1.29 is 23.5 Å². The number of nitrogens with zero attached hydrogens (tertiary/aromatic N) is 2. The minimum absolute atomic E-state index is 0.161. The number of barbiturate groups is 1. The number of aromatic nitrogens is 1. The Bertz CT molecular complexity index is 1200. The number of carbonyl (C=O) groups is 3. The number of aryl methyl sites for hydroxylation is 1. The number of imide groups is 2. The van der Waals surface area contributed by atoms with Gasteiger partial charge in [-0.2, -0.15) is 0 Å². The first-order valence-electron chi connectivity index (χ1n) is 9.94. The van der Waals surface area contributed by atoms with Crippen molar-refractivity contribution in [2.24, 2.45) is 0 Å². The third kappa shape index (κ3) is 4.44. The third-order valence-corrected chi connectivity index (χ3v) is 4.97. The van der Waals surface area contributed by atoms with Crippen molar-refractivity contribution in [3.8, 4) is 5.75 Å². The van der Waals surface area contributed by atoms with E-state index in [9.17, 15) is 18.8 Å². The Balaban J connectivity index is 1.52. The second-order valence-corrected chi connectivity index (χ2v) is 7.22. The van der Waals surface area contributed by atoms with Crippen LogP contribution in [0.5, 0.6) is 5.75 Å². The van der Waals surface area contributed by atoms with Crippen LogP contribution in [0.1, 0.15) is 11.3 Å². The predicted octanol–water partition coefficient (Wildman–Crippen LogP) is 3.68. The van der Waals surface area contributed by atoms with Gasteiger partial charge in [0.25, 0.3) is 11.8 Å². The zero-order valence-corrected chi connectivity index (χ0v) is 17.2. The predicted molar refractivity (Wildman–Crippen MR) is 117 cm³/mol. The highest BCUT2D eigenvalue weighted by Crippen LogP contribution is 2.22. The van der Waals surface area contributed by atoms with E-state index in [0.29, 0.717) is 18.8 Å². The SMILES string of the molecule is Cc1ccc(OCCn2cccc2C=C2C(=O)NC(=O)N(c3ccc(F)cc3)C2=O)cc1. The van der Waals surface area contributed by atoms with E-state index in [2.05, 4.69) is 5.32 Å². The Morgan fingerprint density at radius 3 is 2.44 bits per heavy atom. The molecule has 0 saturated carbocycles. The zero-order chi connectivity index (χ0) is 22.7. The molecule has 4 rings (SSSR count). The Morgan fingerprint density at radius 2 is 1.72 bits per heavy atom. The lowest BCUT2D eigenvalue weighted by molar-refractivity contribution is -0.122. The van der Waals surface area contributed by atoms with Crippen LogP contribution in [0.2, 0.25) is 0 Å². The topological polar surface area (TPSA) is 80.6 Å². The molecule has 0 unspecified atom stereocenters.